The molecule has 0 amide bonds. The van der Waals surface area contributed by atoms with Gasteiger partial charge < -0.3 is 0 Å². The van der Waals surface area contributed by atoms with E-state index in [1.165, 1.54) is 0 Å². The monoisotopic (exact) mass is 178 g/mol. The first-order valence-corrected chi connectivity index (χ1v) is 2.11. The molecule has 3 nitrogen and oxygen atoms in total. The van der Waals surface area contributed by atoms with Crippen molar-refractivity contribution in [3.05, 3.63) is 22.6 Å². The molecule has 0 heterocycles. The van der Waals surface area contributed by atoms with Crippen LogP contribution in [-0.2, 0) is 4.94 Å². The molecule has 0 atom stereocenters. The third-order valence-corrected chi connectivity index (χ3v) is 0.154. The van der Waals surface area contributed by atoms with Crippen LogP contribution in [0.4, 0.5) is 17.7 Å². The summed E-state index contributed by atoms with van der Waals surface area (Å²) in [5.74, 6) is 0. The maximum Gasteiger partial charge on any atom is 0.263 e. The van der Waals surface area contributed by atoms with Gasteiger partial charge in [0.1, 0.15) is 13.3 Å². The lowest BCUT2D eigenvalue weighted by molar-refractivity contribution is -0.134. The van der Waals surface area contributed by atoms with Crippen LogP contribution in [0.15, 0.2) is 12.7 Å². The zero-order chi connectivity index (χ0) is 9.70. The van der Waals surface area contributed by atoms with E-state index in [1.54, 1.807) is 0 Å². The van der Waals surface area contributed by atoms with Gasteiger partial charge in [0.15, 0.2) is 0 Å². The zero-order valence-corrected chi connectivity index (χ0v) is 5.36. The Balaban J connectivity index is -0.0000000965. The second-order valence-electron chi connectivity index (χ2n) is 0.841. The largest absolute Gasteiger partial charge is 0.263 e. The van der Waals surface area contributed by atoms with Crippen molar-refractivity contribution in [2.24, 2.45) is 0 Å². The first kappa shape index (κ1) is 16.5. The average Bonchev–Trinajstić information content (AvgIpc) is 1.93. The highest BCUT2D eigenvalue weighted by Crippen LogP contribution is 1.85. The molecule has 11 heavy (non-hydrogen) atoms. The molecular weight excluding hydrogens is 172 g/mol. The molecule has 0 fully saturated rings. The van der Waals surface area contributed by atoms with Crippen LogP contribution in [-0.4, -0.2) is 13.3 Å². The van der Waals surface area contributed by atoms with Gasteiger partial charge in [0, 0.05) is 9.93 Å². The van der Waals surface area contributed by atoms with Crippen molar-refractivity contribution in [1.82, 2.24) is 0 Å². The van der Waals surface area contributed by atoms with Gasteiger partial charge in [-0.2, -0.15) is 13.7 Å². The summed E-state index contributed by atoms with van der Waals surface area (Å²) >= 11 is 0. The van der Waals surface area contributed by atoms with E-state index in [9.17, 15) is 17.7 Å². The zero-order valence-electron chi connectivity index (χ0n) is 5.36. The smallest absolute Gasteiger partial charge is 0.248 e. The van der Waals surface area contributed by atoms with Crippen LogP contribution in [0.2, 0.25) is 0 Å². The van der Waals surface area contributed by atoms with Crippen molar-refractivity contribution in [2.45, 2.75) is 0 Å². The molecule has 0 aliphatic carbocycles. The Morgan fingerprint density at radius 2 is 1.64 bits per heavy atom. The number of alkyl halides is 1. The minimum atomic E-state index is -1.83. The fourth-order valence-corrected chi connectivity index (χ4v) is 0.0292. The molecule has 0 aromatic heterocycles. The summed E-state index contributed by atoms with van der Waals surface area (Å²) in [6.45, 7) is 1.02. The van der Waals surface area contributed by atoms with Gasteiger partial charge in [-0.25, -0.2) is 4.39 Å². The summed E-state index contributed by atoms with van der Waals surface area (Å²) < 4.78 is 41.2. The van der Waals surface area contributed by atoms with Crippen LogP contribution < -0.4 is 0 Å². The average molecular weight is 178 g/mol. The minimum Gasteiger partial charge on any atom is -0.248 e. The third kappa shape index (κ3) is 427. The highest BCUT2D eigenvalue weighted by atomic mass is 19.3. The van der Waals surface area contributed by atoms with Gasteiger partial charge in [-0.1, -0.05) is 0 Å². The Morgan fingerprint density at radius 3 is 1.64 bits per heavy atom. The topological polar surface area (TPSA) is 43.4 Å². The molecule has 0 aliphatic rings. The van der Waals surface area contributed by atoms with Crippen molar-refractivity contribution in [3.63, 3.8) is 0 Å². The van der Waals surface area contributed by atoms with E-state index in [0.29, 0.717) is 0 Å². The minimum absolute atomic E-state index is 0.444. The maximum atomic E-state index is 10.6. The van der Waals surface area contributed by atoms with Crippen LogP contribution in [0.25, 0.3) is 0 Å². The summed E-state index contributed by atoms with van der Waals surface area (Å²) in [5, 5.41) is 0. The van der Waals surface area contributed by atoms with E-state index >= 15 is 0 Å². The van der Waals surface area contributed by atoms with Crippen molar-refractivity contribution < 1.29 is 22.6 Å². The van der Waals surface area contributed by atoms with Crippen LogP contribution in [0.1, 0.15) is 0 Å². The van der Waals surface area contributed by atoms with Crippen LogP contribution >= 0.6 is 0 Å². The lowest BCUT2D eigenvalue weighted by Gasteiger charge is -1.75. The summed E-state index contributed by atoms with van der Waals surface area (Å²) in [7, 11) is 0. The molecule has 0 radical (unpaired) electrons. The maximum absolute atomic E-state index is 10.6. The molecule has 0 saturated heterocycles. The lowest BCUT2D eigenvalue weighted by atomic mass is 10.8. The van der Waals surface area contributed by atoms with Gasteiger partial charge in [-0.05, 0) is 11.1 Å². The molecule has 68 valence electrons. The fourth-order valence-electron chi connectivity index (χ4n) is 0.0292. The molecule has 0 aromatic carbocycles. The molecule has 0 aliphatic heterocycles. The fraction of sp³-hybridized carbons (Fsp3) is 0.500. The van der Waals surface area contributed by atoms with E-state index in [1.807, 2.05) is 0 Å². The van der Waals surface area contributed by atoms with Crippen LogP contribution in [0.5, 0.6) is 0 Å². The third-order valence-electron chi connectivity index (χ3n) is 0.154. The second-order valence-corrected chi connectivity index (χ2v) is 0.841. The van der Waals surface area contributed by atoms with Gasteiger partial charge >= 0.3 is 0 Å². The van der Waals surface area contributed by atoms with Gasteiger partial charge in [-0.3, -0.25) is 0 Å². The van der Waals surface area contributed by atoms with Gasteiger partial charge in [0.25, 0.3) is 6.08 Å². The lowest BCUT2D eigenvalue weighted by Crippen LogP contribution is -1.82. The van der Waals surface area contributed by atoms with Crippen molar-refractivity contribution >= 4 is 0 Å². The molecule has 0 rings (SSSR count). The Morgan fingerprint density at radius 1 is 1.36 bits per heavy atom. The Hall–Kier alpha value is -0.980. The first-order valence-electron chi connectivity index (χ1n) is 2.11. The van der Waals surface area contributed by atoms with E-state index in [2.05, 4.69) is 11.5 Å². The first-order chi connectivity index (χ1) is 5.15. The SMILES string of the molecule is C=C(F)F.FCCOF.O=O. The molecule has 0 N–H and O–H groups in total. The summed E-state index contributed by atoms with van der Waals surface area (Å²) in [4.78, 5) is 16.8. The molecule has 0 spiro atoms. The summed E-state index contributed by atoms with van der Waals surface area (Å²) in [6.07, 6.45) is -1.83. The van der Waals surface area contributed by atoms with Crippen molar-refractivity contribution in [2.75, 3.05) is 13.3 Å². The quantitative estimate of drug-likeness (QED) is 0.609. The van der Waals surface area contributed by atoms with Crippen molar-refractivity contribution in [1.29, 1.82) is 0 Å². The Kier molecular flexibility index (Phi) is 34.6. The number of hydrogen-bond acceptors (Lipinski definition) is 3. The highest BCUT2D eigenvalue weighted by Gasteiger charge is 1.74. The van der Waals surface area contributed by atoms with E-state index < -0.39 is 19.4 Å². The number of hydrogen-bond donors (Lipinski definition) is 0. The Bertz CT molecular complexity index is 73.7. The molecule has 0 bridgehead atoms. The molecular formula is C4H6F4O3. The van der Waals surface area contributed by atoms with E-state index in [4.69, 9.17) is 9.93 Å². The number of halogens is 4. The van der Waals surface area contributed by atoms with Crippen LogP contribution in [0, 0.1) is 9.93 Å². The predicted octanol–water partition coefficient (Wildman–Crippen LogP) is 2.32. The van der Waals surface area contributed by atoms with Gasteiger partial charge in [0.05, 0.1) is 0 Å². The van der Waals surface area contributed by atoms with E-state index in [-0.39, 0.29) is 0 Å². The van der Waals surface area contributed by atoms with Gasteiger partial charge in [0.2, 0.25) is 0 Å². The molecule has 0 saturated carbocycles. The van der Waals surface area contributed by atoms with E-state index in [0.717, 1.165) is 0 Å². The standard InChI is InChI=1S/C2H4F2O.C2H2F2.O2/c3-1-2-5-4;1-2(3)4;1-2/h1-2H2;1H2;. The summed E-state index contributed by atoms with van der Waals surface area (Å²) in [5.41, 5.74) is 0. The molecule has 0 unspecified atom stereocenters. The molecule has 0 aromatic rings. The molecule has 7 heteroatoms. The highest BCUT2D eigenvalue weighted by molar-refractivity contribution is 4.57. The summed E-state index contributed by atoms with van der Waals surface area (Å²) in [6, 6.07) is 0. The predicted molar refractivity (Wildman–Crippen MR) is 31.1 cm³/mol. The second kappa shape index (κ2) is 23.0. The van der Waals surface area contributed by atoms with Crippen LogP contribution in [0.3, 0.4) is 0 Å². The normalized spacial score (nSPS) is 6.55. The van der Waals surface area contributed by atoms with Crippen molar-refractivity contribution in [3.8, 4) is 0 Å². The van der Waals surface area contributed by atoms with Gasteiger partial charge in [-0.15, -0.1) is 0 Å². The Labute approximate surface area is 59.8 Å². The number of rotatable bonds is 2.